The molecule has 0 bridgehead atoms. The lowest BCUT2D eigenvalue weighted by atomic mass is 10.1. The van der Waals surface area contributed by atoms with Gasteiger partial charge in [-0.15, -0.1) is 0 Å². The number of aromatic amines is 1. The third-order valence-electron chi connectivity index (χ3n) is 4.03. The Balaban J connectivity index is 1.54. The normalized spacial score (nSPS) is 14.8. The summed E-state index contributed by atoms with van der Waals surface area (Å²) < 4.78 is 12.9. The molecule has 1 aromatic heterocycles. The Kier molecular flexibility index (Phi) is 4.41. The van der Waals surface area contributed by atoms with Gasteiger partial charge in [0.25, 0.3) is 5.91 Å². The molecule has 1 N–H and O–H groups in total. The molecule has 1 saturated heterocycles. The van der Waals surface area contributed by atoms with Crippen LogP contribution in [-0.4, -0.2) is 52.8 Å². The summed E-state index contributed by atoms with van der Waals surface area (Å²) >= 11 is 0. The number of amides is 2. The lowest BCUT2D eigenvalue weighted by Gasteiger charge is -2.34. The van der Waals surface area contributed by atoms with Gasteiger partial charge < -0.3 is 14.8 Å². The molecule has 1 aliphatic rings. The van der Waals surface area contributed by atoms with E-state index >= 15 is 0 Å². The second kappa shape index (κ2) is 6.64. The molecular formula is C17H18FN3O2. The summed E-state index contributed by atoms with van der Waals surface area (Å²) in [5, 5.41) is 0. The molecule has 0 saturated carbocycles. The molecule has 6 heteroatoms. The molecule has 0 unspecified atom stereocenters. The van der Waals surface area contributed by atoms with E-state index in [4.69, 9.17) is 0 Å². The zero-order valence-corrected chi connectivity index (χ0v) is 12.7. The third-order valence-corrected chi connectivity index (χ3v) is 4.03. The fourth-order valence-electron chi connectivity index (χ4n) is 2.69. The van der Waals surface area contributed by atoms with Gasteiger partial charge in [0.05, 0.1) is 6.42 Å². The van der Waals surface area contributed by atoms with E-state index in [-0.39, 0.29) is 17.6 Å². The fraction of sp³-hybridized carbons (Fsp3) is 0.294. The van der Waals surface area contributed by atoms with Crippen molar-refractivity contribution in [1.29, 1.82) is 0 Å². The Morgan fingerprint density at radius 3 is 2.26 bits per heavy atom. The molecule has 2 aromatic rings. The predicted octanol–water partition coefficient (Wildman–Crippen LogP) is 1.68. The molecule has 0 aliphatic carbocycles. The first-order valence-corrected chi connectivity index (χ1v) is 7.58. The average Bonchev–Trinajstić information content (AvgIpc) is 3.08. The molecule has 23 heavy (non-hydrogen) atoms. The number of nitrogens with one attached hydrogen (secondary N) is 1. The molecule has 1 aliphatic heterocycles. The van der Waals surface area contributed by atoms with Crippen molar-refractivity contribution in [3.8, 4) is 0 Å². The van der Waals surface area contributed by atoms with Gasteiger partial charge in [-0.05, 0) is 35.9 Å². The van der Waals surface area contributed by atoms with E-state index < -0.39 is 0 Å². The maximum Gasteiger partial charge on any atom is 0.253 e. The van der Waals surface area contributed by atoms with Crippen molar-refractivity contribution < 1.29 is 14.0 Å². The zero-order valence-electron chi connectivity index (χ0n) is 12.7. The lowest BCUT2D eigenvalue weighted by molar-refractivity contribution is -0.131. The minimum Gasteiger partial charge on any atom is -0.367 e. The van der Waals surface area contributed by atoms with Gasteiger partial charge >= 0.3 is 0 Å². The smallest absolute Gasteiger partial charge is 0.253 e. The number of halogens is 1. The number of H-pyrrole nitrogens is 1. The molecule has 120 valence electrons. The van der Waals surface area contributed by atoms with Gasteiger partial charge in [-0.2, -0.15) is 0 Å². The molecule has 2 amide bonds. The Bertz CT molecular complexity index is 674. The number of benzene rings is 1. The van der Waals surface area contributed by atoms with Crippen LogP contribution in [0, 0.1) is 5.82 Å². The van der Waals surface area contributed by atoms with Gasteiger partial charge in [0.2, 0.25) is 5.91 Å². The number of carbonyl (C=O) groups is 2. The van der Waals surface area contributed by atoms with Crippen LogP contribution in [0.4, 0.5) is 4.39 Å². The second-order valence-corrected chi connectivity index (χ2v) is 5.58. The highest BCUT2D eigenvalue weighted by Crippen LogP contribution is 2.11. The van der Waals surface area contributed by atoms with Crippen LogP contribution in [0.15, 0.2) is 42.7 Å². The molecule has 5 nitrogen and oxygen atoms in total. The number of hydrogen-bond acceptors (Lipinski definition) is 2. The third kappa shape index (κ3) is 3.59. The maximum absolute atomic E-state index is 12.9. The molecule has 0 atom stereocenters. The molecule has 1 aromatic carbocycles. The highest BCUT2D eigenvalue weighted by molar-refractivity contribution is 5.94. The Morgan fingerprint density at radius 2 is 1.65 bits per heavy atom. The topological polar surface area (TPSA) is 56.4 Å². The first-order chi connectivity index (χ1) is 11.1. The maximum atomic E-state index is 12.9. The van der Waals surface area contributed by atoms with Crippen LogP contribution in [0.3, 0.4) is 0 Å². The van der Waals surface area contributed by atoms with Crippen LogP contribution in [0.1, 0.15) is 15.9 Å². The van der Waals surface area contributed by atoms with Crippen molar-refractivity contribution in [3.05, 3.63) is 59.7 Å². The monoisotopic (exact) mass is 315 g/mol. The highest BCUT2D eigenvalue weighted by Gasteiger charge is 2.24. The van der Waals surface area contributed by atoms with E-state index in [1.54, 1.807) is 16.0 Å². The summed E-state index contributed by atoms with van der Waals surface area (Å²) in [6, 6.07) is 7.42. The van der Waals surface area contributed by atoms with E-state index in [0.29, 0.717) is 38.2 Å². The number of hydrogen-bond donors (Lipinski definition) is 1. The summed E-state index contributed by atoms with van der Waals surface area (Å²) in [6.45, 7) is 2.04. The largest absolute Gasteiger partial charge is 0.367 e. The number of aromatic nitrogens is 1. The number of piperazine rings is 1. The predicted molar refractivity (Wildman–Crippen MR) is 83.4 cm³/mol. The van der Waals surface area contributed by atoms with Gasteiger partial charge in [-0.1, -0.05) is 0 Å². The Hall–Kier alpha value is -2.63. The van der Waals surface area contributed by atoms with Crippen molar-refractivity contribution in [2.45, 2.75) is 6.42 Å². The van der Waals surface area contributed by atoms with Gasteiger partial charge in [0.15, 0.2) is 0 Å². The van der Waals surface area contributed by atoms with Crippen molar-refractivity contribution >= 4 is 11.8 Å². The van der Waals surface area contributed by atoms with Crippen LogP contribution in [0.25, 0.3) is 0 Å². The van der Waals surface area contributed by atoms with Gasteiger partial charge in [0.1, 0.15) is 5.82 Å². The highest BCUT2D eigenvalue weighted by atomic mass is 19.1. The number of carbonyl (C=O) groups excluding carboxylic acids is 2. The van der Waals surface area contributed by atoms with Crippen LogP contribution in [0.5, 0.6) is 0 Å². The average molecular weight is 315 g/mol. The lowest BCUT2D eigenvalue weighted by Crippen LogP contribution is -2.51. The molecule has 3 rings (SSSR count). The summed E-state index contributed by atoms with van der Waals surface area (Å²) in [7, 11) is 0. The second-order valence-electron chi connectivity index (χ2n) is 5.58. The van der Waals surface area contributed by atoms with E-state index in [0.717, 1.165) is 5.56 Å². The van der Waals surface area contributed by atoms with Crippen molar-refractivity contribution in [1.82, 2.24) is 14.8 Å². The first-order valence-electron chi connectivity index (χ1n) is 7.58. The SMILES string of the molecule is O=C(Cc1cc[nH]c1)N1CCN(C(=O)c2ccc(F)cc2)CC1. The summed E-state index contributed by atoms with van der Waals surface area (Å²) in [5.41, 5.74) is 1.43. The molecule has 0 radical (unpaired) electrons. The minimum absolute atomic E-state index is 0.0680. The zero-order chi connectivity index (χ0) is 16.2. The molecule has 1 fully saturated rings. The molecular weight excluding hydrogens is 297 g/mol. The van der Waals surface area contributed by atoms with Crippen molar-refractivity contribution in [2.75, 3.05) is 26.2 Å². The van der Waals surface area contributed by atoms with E-state index in [1.807, 2.05) is 12.3 Å². The van der Waals surface area contributed by atoms with Crippen LogP contribution in [0.2, 0.25) is 0 Å². The summed E-state index contributed by atoms with van der Waals surface area (Å²) in [5.74, 6) is -0.414. The molecule has 0 spiro atoms. The van der Waals surface area contributed by atoms with E-state index in [1.165, 1.54) is 24.3 Å². The van der Waals surface area contributed by atoms with Gasteiger partial charge in [-0.25, -0.2) is 4.39 Å². The van der Waals surface area contributed by atoms with Gasteiger partial charge in [0, 0.05) is 44.1 Å². The number of rotatable bonds is 3. The Morgan fingerprint density at radius 1 is 1.00 bits per heavy atom. The molecule has 2 heterocycles. The summed E-state index contributed by atoms with van der Waals surface area (Å²) in [6.07, 6.45) is 3.98. The van der Waals surface area contributed by atoms with Gasteiger partial charge in [-0.3, -0.25) is 9.59 Å². The van der Waals surface area contributed by atoms with Crippen LogP contribution in [-0.2, 0) is 11.2 Å². The van der Waals surface area contributed by atoms with E-state index in [2.05, 4.69) is 4.98 Å². The first kappa shape index (κ1) is 15.3. The minimum atomic E-state index is -0.360. The Labute approximate surface area is 133 Å². The van der Waals surface area contributed by atoms with Crippen LogP contribution >= 0.6 is 0 Å². The van der Waals surface area contributed by atoms with Crippen molar-refractivity contribution in [2.24, 2.45) is 0 Å². The van der Waals surface area contributed by atoms with Crippen molar-refractivity contribution in [3.63, 3.8) is 0 Å². The van der Waals surface area contributed by atoms with Crippen LogP contribution < -0.4 is 0 Å². The quantitative estimate of drug-likeness (QED) is 0.937. The van der Waals surface area contributed by atoms with E-state index in [9.17, 15) is 14.0 Å². The number of nitrogens with zero attached hydrogens (tertiary/aromatic N) is 2. The standard InChI is InChI=1S/C17H18FN3O2/c18-15-3-1-14(2-4-15)17(23)21-9-7-20(8-10-21)16(22)11-13-5-6-19-12-13/h1-6,12,19H,7-11H2. The summed E-state index contributed by atoms with van der Waals surface area (Å²) in [4.78, 5) is 31.0. The fourth-order valence-corrected chi connectivity index (χ4v) is 2.69.